The molecule has 16 heteroatoms. The molecular weight excluding hydrogens is 540 g/mol. The first-order valence-electron chi connectivity index (χ1n) is 11.4. The number of nitrogens with zero attached hydrogens (tertiary/aromatic N) is 4. The van der Waals surface area contributed by atoms with Gasteiger partial charge in [-0.1, -0.05) is 12.1 Å². The first kappa shape index (κ1) is 31.1. The molecule has 2 amide bonds. The van der Waals surface area contributed by atoms with E-state index in [9.17, 15) is 31.1 Å². The number of amides is 2. The van der Waals surface area contributed by atoms with Crippen molar-refractivity contribution in [2.24, 2.45) is 5.92 Å². The summed E-state index contributed by atoms with van der Waals surface area (Å²) in [6.45, 7) is 3.69. The highest BCUT2D eigenvalue weighted by Crippen LogP contribution is 2.32. The van der Waals surface area contributed by atoms with Crippen LogP contribution in [0, 0.1) is 5.92 Å². The molecule has 0 saturated heterocycles. The van der Waals surface area contributed by atoms with Crippen molar-refractivity contribution in [1.29, 1.82) is 0 Å². The molecule has 0 aromatic carbocycles. The zero-order valence-corrected chi connectivity index (χ0v) is 20.2. The predicted molar refractivity (Wildman–Crippen MR) is 123 cm³/mol. The number of pyridine rings is 2. The summed E-state index contributed by atoms with van der Waals surface area (Å²) in [6.07, 6.45) is -2.18. The highest BCUT2D eigenvalue weighted by atomic mass is 19.4. The number of carboxylic acid groups (broad SMARTS) is 2. The minimum Gasteiger partial charge on any atom is -0.475 e. The van der Waals surface area contributed by atoms with Gasteiger partial charge < -0.3 is 25.3 Å². The maximum absolute atomic E-state index is 12.6. The molecule has 0 bridgehead atoms. The second-order valence-electron chi connectivity index (χ2n) is 8.42. The van der Waals surface area contributed by atoms with Gasteiger partial charge in [-0.15, -0.1) is 0 Å². The Morgan fingerprint density at radius 1 is 0.949 bits per heavy atom. The Balaban J connectivity index is 0.000000317. The number of carboxylic acids is 2. The van der Waals surface area contributed by atoms with Gasteiger partial charge >= 0.3 is 30.3 Å². The average molecular weight is 565 g/mol. The van der Waals surface area contributed by atoms with E-state index < -0.39 is 24.3 Å². The molecule has 0 radical (unpaired) electrons. The molecule has 4 rings (SSSR count). The van der Waals surface area contributed by atoms with Crippen molar-refractivity contribution in [2.45, 2.75) is 38.3 Å². The maximum Gasteiger partial charge on any atom is 0.490 e. The minimum absolute atomic E-state index is 0.0353. The molecule has 39 heavy (non-hydrogen) atoms. The van der Waals surface area contributed by atoms with Crippen LogP contribution in [-0.2, 0) is 22.7 Å². The standard InChI is InChI=1S/C19H23N5O.2C2HF3O2/c25-19(22-12-16-3-1-7-20-11-16)24-10-9-23(13-15-5-6-15)18-17(14-24)4-2-8-21-18;2*3-2(4,5)1(6)7/h1-4,7-8,11,15H,5-6,9-10,12-14H2,(H,22,25);2*(H,6,7). The zero-order valence-electron chi connectivity index (χ0n) is 20.2. The molecule has 1 fully saturated rings. The summed E-state index contributed by atoms with van der Waals surface area (Å²) in [5.74, 6) is -3.68. The molecule has 2 aliphatic rings. The lowest BCUT2D eigenvalue weighted by atomic mass is 10.2. The number of halogens is 6. The van der Waals surface area contributed by atoms with Crippen molar-refractivity contribution >= 4 is 23.8 Å². The first-order chi connectivity index (χ1) is 18.2. The monoisotopic (exact) mass is 565 g/mol. The van der Waals surface area contributed by atoms with Gasteiger partial charge in [0.2, 0.25) is 0 Å². The largest absolute Gasteiger partial charge is 0.490 e. The van der Waals surface area contributed by atoms with Crippen molar-refractivity contribution in [3.63, 3.8) is 0 Å². The highest BCUT2D eigenvalue weighted by molar-refractivity contribution is 5.75. The molecular formula is C23H25F6N5O5. The number of carbonyl (C=O) groups excluding carboxylic acids is 1. The van der Waals surface area contributed by atoms with Gasteiger partial charge in [-0.25, -0.2) is 19.4 Å². The van der Waals surface area contributed by atoms with Crippen molar-refractivity contribution in [3.8, 4) is 0 Å². The molecule has 0 spiro atoms. The fraction of sp³-hybridized carbons (Fsp3) is 0.435. The maximum atomic E-state index is 12.6. The van der Waals surface area contributed by atoms with Crippen LogP contribution in [0.25, 0.3) is 0 Å². The lowest BCUT2D eigenvalue weighted by Crippen LogP contribution is -2.41. The SMILES string of the molecule is O=C(NCc1cccnc1)N1CCN(CC2CC2)c2ncccc2C1.O=C(O)C(F)(F)F.O=C(O)C(F)(F)F. The van der Waals surface area contributed by atoms with E-state index >= 15 is 0 Å². The molecule has 1 aliphatic carbocycles. The fourth-order valence-corrected chi connectivity index (χ4v) is 3.23. The second kappa shape index (κ2) is 13.6. The smallest absolute Gasteiger partial charge is 0.475 e. The van der Waals surface area contributed by atoms with Crippen LogP contribution in [0.2, 0.25) is 0 Å². The highest BCUT2D eigenvalue weighted by Gasteiger charge is 2.39. The zero-order chi connectivity index (χ0) is 29.2. The summed E-state index contributed by atoms with van der Waals surface area (Å²) < 4.78 is 63.5. The Morgan fingerprint density at radius 3 is 2.05 bits per heavy atom. The summed E-state index contributed by atoms with van der Waals surface area (Å²) in [6, 6.07) is 7.84. The minimum atomic E-state index is -5.08. The van der Waals surface area contributed by atoms with Crippen LogP contribution in [0.1, 0.15) is 24.0 Å². The lowest BCUT2D eigenvalue weighted by Gasteiger charge is -2.24. The van der Waals surface area contributed by atoms with Crippen molar-refractivity contribution in [1.82, 2.24) is 20.2 Å². The third-order valence-corrected chi connectivity index (χ3v) is 5.28. The van der Waals surface area contributed by atoms with Gasteiger partial charge in [0.25, 0.3) is 0 Å². The van der Waals surface area contributed by atoms with Gasteiger partial charge in [0.1, 0.15) is 5.82 Å². The topological polar surface area (TPSA) is 136 Å². The molecule has 10 nitrogen and oxygen atoms in total. The number of urea groups is 1. The van der Waals surface area contributed by atoms with Gasteiger partial charge in [0.05, 0.1) is 6.54 Å². The van der Waals surface area contributed by atoms with E-state index in [1.165, 1.54) is 12.8 Å². The lowest BCUT2D eigenvalue weighted by molar-refractivity contribution is -0.193. The Bertz CT molecular complexity index is 1090. The summed E-state index contributed by atoms with van der Waals surface area (Å²) in [5.41, 5.74) is 2.13. The van der Waals surface area contributed by atoms with Crippen molar-refractivity contribution < 1.29 is 50.9 Å². The average Bonchev–Trinajstić information content (AvgIpc) is 3.70. The van der Waals surface area contributed by atoms with Crippen LogP contribution in [-0.4, -0.2) is 75.0 Å². The second-order valence-corrected chi connectivity index (χ2v) is 8.42. The van der Waals surface area contributed by atoms with Crippen molar-refractivity contribution in [2.75, 3.05) is 24.5 Å². The Hall–Kier alpha value is -4.11. The van der Waals surface area contributed by atoms with E-state index in [4.69, 9.17) is 19.8 Å². The number of hydrogen-bond acceptors (Lipinski definition) is 6. The van der Waals surface area contributed by atoms with Gasteiger partial charge in [-0.3, -0.25) is 4.98 Å². The molecule has 3 N–H and O–H groups in total. The normalized spacial score (nSPS) is 14.9. The molecule has 0 atom stereocenters. The number of anilines is 1. The number of aliphatic carboxylic acids is 2. The van der Waals surface area contributed by atoms with E-state index in [2.05, 4.69) is 26.3 Å². The number of nitrogens with one attached hydrogen (secondary N) is 1. The summed E-state index contributed by atoms with van der Waals surface area (Å²) >= 11 is 0. The molecule has 2 aromatic heterocycles. The van der Waals surface area contributed by atoms with Gasteiger partial charge in [-0.2, -0.15) is 26.3 Å². The number of rotatable bonds is 4. The predicted octanol–water partition coefficient (Wildman–Crippen LogP) is 3.69. The quantitative estimate of drug-likeness (QED) is 0.478. The van der Waals surface area contributed by atoms with Gasteiger partial charge in [0, 0.05) is 50.3 Å². The Morgan fingerprint density at radius 2 is 1.54 bits per heavy atom. The summed E-state index contributed by atoms with van der Waals surface area (Å²) in [7, 11) is 0. The molecule has 3 heterocycles. The van der Waals surface area contributed by atoms with Crippen LogP contribution < -0.4 is 10.2 Å². The van der Waals surface area contributed by atoms with E-state index in [0.717, 1.165) is 36.0 Å². The summed E-state index contributed by atoms with van der Waals surface area (Å²) in [5, 5.41) is 17.3. The van der Waals surface area contributed by atoms with Crippen LogP contribution in [0.4, 0.5) is 37.0 Å². The number of hydrogen-bond donors (Lipinski definition) is 3. The third-order valence-electron chi connectivity index (χ3n) is 5.28. The van der Waals surface area contributed by atoms with Gasteiger partial charge in [-0.05, 0) is 36.5 Å². The van der Waals surface area contributed by atoms with E-state index in [1.54, 1.807) is 12.4 Å². The van der Waals surface area contributed by atoms with Crippen molar-refractivity contribution in [3.05, 3.63) is 54.0 Å². The molecule has 2 aromatic rings. The van der Waals surface area contributed by atoms with E-state index in [-0.39, 0.29) is 6.03 Å². The van der Waals surface area contributed by atoms with Gasteiger partial charge in [0.15, 0.2) is 0 Å². The summed E-state index contributed by atoms with van der Waals surface area (Å²) in [4.78, 5) is 43.3. The fourth-order valence-electron chi connectivity index (χ4n) is 3.23. The van der Waals surface area contributed by atoms with E-state index in [1.807, 2.05) is 29.3 Å². The van der Waals surface area contributed by atoms with E-state index in [0.29, 0.717) is 19.6 Å². The Labute approximate surface area is 218 Å². The number of aromatic nitrogens is 2. The molecule has 1 aliphatic heterocycles. The number of alkyl halides is 6. The van der Waals surface area contributed by atoms with Crippen LogP contribution in [0.3, 0.4) is 0 Å². The first-order valence-corrected chi connectivity index (χ1v) is 11.4. The Kier molecular flexibility index (Phi) is 10.9. The van der Waals surface area contributed by atoms with Crippen LogP contribution in [0.5, 0.6) is 0 Å². The molecule has 1 saturated carbocycles. The van der Waals surface area contributed by atoms with Crippen LogP contribution >= 0.6 is 0 Å². The number of carbonyl (C=O) groups is 3. The number of fused-ring (bicyclic) bond motifs is 1. The van der Waals surface area contributed by atoms with Crippen LogP contribution in [0.15, 0.2) is 42.9 Å². The third kappa shape index (κ3) is 11.0. The molecule has 214 valence electrons. The molecule has 0 unspecified atom stereocenters.